The Morgan fingerprint density at radius 3 is 3.13 bits per heavy atom. The van der Waals surface area contributed by atoms with Gasteiger partial charge in [-0.3, -0.25) is 0 Å². The van der Waals surface area contributed by atoms with Crippen molar-refractivity contribution in [3.63, 3.8) is 0 Å². The Bertz CT molecular complexity index is 352. The zero-order chi connectivity index (χ0) is 10.9. The number of carbonyl (C=O) groups is 1. The molecule has 1 aromatic heterocycles. The van der Waals surface area contributed by atoms with Crippen molar-refractivity contribution >= 4 is 22.4 Å². The maximum absolute atomic E-state index is 11.4. The summed E-state index contributed by atoms with van der Waals surface area (Å²) >= 11 is 1.51. The summed E-state index contributed by atoms with van der Waals surface area (Å²) in [6.45, 7) is 2.73. The van der Waals surface area contributed by atoms with Gasteiger partial charge in [0.05, 0.1) is 0 Å². The van der Waals surface area contributed by atoms with Crippen molar-refractivity contribution in [2.45, 2.75) is 31.7 Å². The molecule has 0 amide bonds. The maximum Gasteiger partial charge on any atom is 0.329 e. The maximum atomic E-state index is 11.4. The standard InChI is InChI=1S/C10H14N2O2S/c1-2-10(8(13)14)4-3-6-12(10)9-11-5-7-15-9/h5,7H,2-4,6H2,1H3,(H,13,14). The zero-order valence-electron chi connectivity index (χ0n) is 8.64. The van der Waals surface area contributed by atoms with E-state index in [1.54, 1.807) is 6.20 Å². The number of aromatic nitrogens is 1. The highest BCUT2D eigenvalue weighted by Crippen LogP contribution is 2.37. The monoisotopic (exact) mass is 226 g/mol. The molecule has 5 heteroatoms. The number of carboxylic acid groups (broad SMARTS) is 1. The third-order valence-corrected chi connectivity index (χ3v) is 3.92. The highest BCUT2D eigenvalue weighted by Gasteiger charge is 2.47. The summed E-state index contributed by atoms with van der Waals surface area (Å²) in [6, 6.07) is 0. The van der Waals surface area contributed by atoms with Crippen LogP contribution in [0.3, 0.4) is 0 Å². The third-order valence-electron chi connectivity index (χ3n) is 3.12. The van der Waals surface area contributed by atoms with Gasteiger partial charge in [-0.1, -0.05) is 6.92 Å². The smallest absolute Gasteiger partial charge is 0.329 e. The van der Waals surface area contributed by atoms with E-state index in [-0.39, 0.29) is 0 Å². The zero-order valence-corrected chi connectivity index (χ0v) is 9.46. The largest absolute Gasteiger partial charge is 0.479 e. The van der Waals surface area contributed by atoms with Crippen molar-refractivity contribution in [1.29, 1.82) is 0 Å². The van der Waals surface area contributed by atoms with Crippen molar-refractivity contribution in [2.24, 2.45) is 0 Å². The van der Waals surface area contributed by atoms with E-state index in [1.807, 2.05) is 17.2 Å². The summed E-state index contributed by atoms with van der Waals surface area (Å²) in [5.41, 5.74) is -0.724. The van der Waals surface area contributed by atoms with E-state index in [0.29, 0.717) is 6.42 Å². The van der Waals surface area contributed by atoms with Crippen LogP contribution >= 0.6 is 11.3 Å². The molecule has 1 aliphatic heterocycles. The van der Waals surface area contributed by atoms with Gasteiger partial charge in [0.15, 0.2) is 5.13 Å². The number of carboxylic acids is 1. The fourth-order valence-electron chi connectivity index (χ4n) is 2.25. The molecule has 15 heavy (non-hydrogen) atoms. The van der Waals surface area contributed by atoms with Crippen molar-refractivity contribution < 1.29 is 9.90 Å². The van der Waals surface area contributed by atoms with Gasteiger partial charge in [0, 0.05) is 18.1 Å². The van der Waals surface area contributed by atoms with Crippen LogP contribution < -0.4 is 4.90 Å². The van der Waals surface area contributed by atoms with Gasteiger partial charge in [0.2, 0.25) is 0 Å². The first-order chi connectivity index (χ1) is 7.20. The number of rotatable bonds is 3. The Hall–Kier alpha value is -1.10. The van der Waals surface area contributed by atoms with E-state index in [0.717, 1.165) is 24.5 Å². The average molecular weight is 226 g/mol. The molecule has 0 aromatic carbocycles. The molecule has 1 unspecified atom stereocenters. The van der Waals surface area contributed by atoms with E-state index in [4.69, 9.17) is 0 Å². The number of hydrogen-bond donors (Lipinski definition) is 1. The molecule has 1 atom stereocenters. The Kier molecular flexibility index (Phi) is 2.65. The lowest BCUT2D eigenvalue weighted by Gasteiger charge is -2.33. The summed E-state index contributed by atoms with van der Waals surface area (Å²) in [4.78, 5) is 17.5. The first-order valence-corrected chi connectivity index (χ1v) is 5.99. The van der Waals surface area contributed by atoms with Gasteiger partial charge in [-0.25, -0.2) is 9.78 Å². The number of hydrogen-bond acceptors (Lipinski definition) is 4. The van der Waals surface area contributed by atoms with Crippen LogP contribution in [-0.2, 0) is 4.79 Å². The highest BCUT2D eigenvalue weighted by atomic mass is 32.1. The lowest BCUT2D eigenvalue weighted by molar-refractivity contribution is -0.143. The Morgan fingerprint density at radius 2 is 2.60 bits per heavy atom. The second-order valence-electron chi connectivity index (χ2n) is 3.76. The van der Waals surface area contributed by atoms with Crippen molar-refractivity contribution in [2.75, 3.05) is 11.4 Å². The third kappa shape index (κ3) is 1.51. The van der Waals surface area contributed by atoms with Gasteiger partial charge in [-0.05, 0) is 19.3 Å². The van der Waals surface area contributed by atoms with E-state index >= 15 is 0 Å². The van der Waals surface area contributed by atoms with E-state index in [9.17, 15) is 9.90 Å². The molecule has 0 saturated carbocycles. The summed E-state index contributed by atoms with van der Waals surface area (Å²) in [5, 5.41) is 12.1. The van der Waals surface area contributed by atoms with Crippen LogP contribution in [0.15, 0.2) is 11.6 Å². The quantitative estimate of drug-likeness (QED) is 0.856. The Labute approximate surface area is 92.6 Å². The van der Waals surface area contributed by atoms with Crippen LogP contribution in [-0.4, -0.2) is 28.1 Å². The molecule has 0 bridgehead atoms. The molecule has 2 heterocycles. The summed E-state index contributed by atoms with van der Waals surface area (Å²) in [6.07, 6.45) is 4.00. The summed E-state index contributed by atoms with van der Waals surface area (Å²) < 4.78 is 0. The lowest BCUT2D eigenvalue weighted by Crippen LogP contribution is -2.50. The first kappa shape index (κ1) is 10.4. The molecule has 1 aromatic rings. The molecule has 0 spiro atoms. The molecule has 0 radical (unpaired) electrons. The minimum Gasteiger partial charge on any atom is -0.479 e. The molecular formula is C10H14N2O2S. The molecule has 0 aliphatic carbocycles. The minimum absolute atomic E-state index is 0.627. The second-order valence-corrected chi connectivity index (χ2v) is 4.63. The fourth-order valence-corrected chi connectivity index (χ4v) is 3.01. The second kappa shape index (κ2) is 3.81. The molecule has 4 nitrogen and oxygen atoms in total. The SMILES string of the molecule is CCC1(C(=O)O)CCCN1c1nccs1. The topological polar surface area (TPSA) is 53.4 Å². The summed E-state index contributed by atoms with van der Waals surface area (Å²) in [7, 11) is 0. The van der Waals surface area contributed by atoms with Crippen LogP contribution in [0, 0.1) is 0 Å². The van der Waals surface area contributed by atoms with Gasteiger partial charge in [0.1, 0.15) is 5.54 Å². The van der Waals surface area contributed by atoms with Crippen molar-refractivity contribution in [3.05, 3.63) is 11.6 Å². The summed E-state index contributed by atoms with van der Waals surface area (Å²) in [5.74, 6) is -0.724. The van der Waals surface area contributed by atoms with Crippen LogP contribution in [0.4, 0.5) is 5.13 Å². The Morgan fingerprint density at radius 1 is 1.80 bits per heavy atom. The van der Waals surface area contributed by atoms with Crippen molar-refractivity contribution in [3.8, 4) is 0 Å². The lowest BCUT2D eigenvalue weighted by atomic mass is 9.93. The van der Waals surface area contributed by atoms with Gasteiger partial charge >= 0.3 is 5.97 Å². The predicted molar refractivity (Wildman–Crippen MR) is 59.4 cm³/mol. The van der Waals surface area contributed by atoms with Crippen LogP contribution in [0.1, 0.15) is 26.2 Å². The first-order valence-electron chi connectivity index (χ1n) is 5.11. The Balaban J connectivity index is 2.35. The van der Waals surface area contributed by atoms with Gasteiger partial charge < -0.3 is 10.0 Å². The number of anilines is 1. The highest BCUT2D eigenvalue weighted by molar-refractivity contribution is 7.13. The normalized spacial score (nSPS) is 25.8. The van der Waals surface area contributed by atoms with E-state index < -0.39 is 11.5 Å². The molecule has 1 aliphatic rings. The van der Waals surface area contributed by atoms with Gasteiger partial charge in [-0.15, -0.1) is 11.3 Å². The van der Waals surface area contributed by atoms with Crippen molar-refractivity contribution in [1.82, 2.24) is 4.98 Å². The molecule has 1 fully saturated rings. The van der Waals surface area contributed by atoms with Crippen LogP contribution in [0.5, 0.6) is 0 Å². The molecule has 1 N–H and O–H groups in total. The molecule has 1 saturated heterocycles. The van der Waals surface area contributed by atoms with Gasteiger partial charge in [-0.2, -0.15) is 0 Å². The predicted octanol–water partition coefficient (Wildman–Crippen LogP) is 1.98. The van der Waals surface area contributed by atoms with E-state index in [2.05, 4.69) is 4.98 Å². The average Bonchev–Trinajstić information content (AvgIpc) is 2.86. The fraction of sp³-hybridized carbons (Fsp3) is 0.600. The molecule has 2 rings (SSSR count). The molecular weight excluding hydrogens is 212 g/mol. The van der Waals surface area contributed by atoms with Gasteiger partial charge in [0.25, 0.3) is 0 Å². The number of nitrogens with zero attached hydrogens (tertiary/aromatic N) is 2. The number of thiazole rings is 1. The molecule has 82 valence electrons. The van der Waals surface area contributed by atoms with Crippen LogP contribution in [0.2, 0.25) is 0 Å². The minimum atomic E-state index is -0.724. The van der Waals surface area contributed by atoms with E-state index in [1.165, 1.54) is 11.3 Å². The van der Waals surface area contributed by atoms with Crippen LogP contribution in [0.25, 0.3) is 0 Å². The number of aliphatic carboxylic acids is 1.